The van der Waals surface area contributed by atoms with Gasteiger partial charge in [-0.2, -0.15) is 0 Å². The first kappa shape index (κ1) is 25.6. The lowest BCUT2D eigenvalue weighted by Gasteiger charge is -2.36. The molecule has 0 aliphatic carbocycles. The van der Waals surface area contributed by atoms with Crippen LogP contribution in [0.5, 0.6) is 23.0 Å². The number of benzene rings is 3. The molecule has 9 nitrogen and oxygen atoms in total. The van der Waals surface area contributed by atoms with Gasteiger partial charge >= 0.3 is 0 Å². The van der Waals surface area contributed by atoms with Crippen LogP contribution in [0.15, 0.2) is 72.8 Å². The van der Waals surface area contributed by atoms with Crippen molar-refractivity contribution in [2.24, 2.45) is 0 Å². The van der Waals surface area contributed by atoms with Crippen molar-refractivity contribution in [2.75, 3.05) is 13.4 Å². The molecule has 3 N–H and O–H groups in total. The Kier molecular flexibility index (Phi) is 8.06. The van der Waals surface area contributed by atoms with Crippen LogP contribution in [0.4, 0.5) is 0 Å². The highest BCUT2D eigenvalue weighted by Crippen LogP contribution is 2.32. The summed E-state index contributed by atoms with van der Waals surface area (Å²) in [7, 11) is 0. The number of amides is 2. The lowest BCUT2D eigenvalue weighted by atomic mass is 9.96. The highest BCUT2D eigenvalue weighted by molar-refractivity contribution is 5.95. The van der Waals surface area contributed by atoms with Crippen LogP contribution in [0.1, 0.15) is 35.2 Å². The second kappa shape index (κ2) is 12.0. The molecule has 198 valence electrons. The quantitative estimate of drug-likeness (QED) is 0.397. The first-order valence-electron chi connectivity index (χ1n) is 12.6. The summed E-state index contributed by atoms with van der Waals surface area (Å²) in [5, 5.41) is 15.7. The number of nitrogens with one attached hydrogen (secondary N) is 2. The fraction of sp³-hybridized carbons (Fsp3) is 0.310. The molecule has 0 spiro atoms. The highest BCUT2D eigenvalue weighted by Gasteiger charge is 2.33. The predicted octanol–water partition coefficient (Wildman–Crippen LogP) is 3.55. The summed E-state index contributed by atoms with van der Waals surface area (Å²) >= 11 is 0. The van der Waals surface area contributed by atoms with Crippen molar-refractivity contribution in [3.05, 3.63) is 83.9 Å². The van der Waals surface area contributed by atoms with Crippen molar-refractivity contribution in [3.8, 4) is 23.0 Å². The first-order valence-corrected chi connectivity index (χ1v) is 12.6. The Hall–Kier alpha value is -4.08. The molecule has 3 aromatic carbocycles. The van der Waals surface area contributed by atoms with E-state index in [-0.39, 0.29) is 43.8 Å². The van der Waals surface area contributed by atoms with Crippen molar-refractivity contribution < 1.29 is 33.6 Å². The number of fused-ring (bicyclic) bond motifs is 1. The van der Waals surface area contributed by atoms with E-state index in [2.05, 4.69) is 10.6 Å². The van der Waals surface area contributed by atoms with Crippen molar-refractivity contribution in [1.82, 2.24) is 10.6 Å². The topological polar surface area (TPSA) is 115 Å². The van der Waals surface area contributed by atoms with E-state index < -0.39 is 6.10 Å². The minimum absolute atomic E-state index is 0.133. The molecule has 5 rings (SSSR count). The maximum absolute atomic E-state index is 12.7. The number of aliphatic hydroxyl groups excluding tert-OH is 1. The van der Waals surface area contributed by atoms with E-state index in [1.54, 1.807) is 18.2 Å². The van der Waals surface area contributed by atoms with Crippen LogP contribution in [0.2, 0.25) is 0 Å². The molecule has 2 heterocycles. The van der Waals surface area contributed by atoms with Gasteiger partial charge in [-0.05, 0) is 60.9 Å². The Morgan fingerprint density at radius 1 is 0.921 bits per heavy atom. The molecule has 2 aliphatic heterocycles. The summed E-state index contributed by atoms with van der Waals surface area (Å²) in [5.74, 6) is 2.18. The third kappa shape index (κ3) is 6.42. The molecule has 0 unspecified atom stereocenters. The number of para-hydroxylation sites is 1. The van der Waals surface area contributed by atoms with E-state index in [0.717, 1.165) is 17.1 Å². The summed E-state index contributed by atoms with van der Waals surface area (Å²) in [6.45, 7) is 0.255. The van der Waals surface area contributed by atoms with E-state index in [1.807, 2.05) is 54.6 Å². The zero-order valence-corrected chi connectivity index (χ0v) is 20.8. The van der Waals surface area contributed by atoms with Crippen molar-refractivity contribution in [2.45, 2.75) is 44.1 Å². The van der Waals surface area contributed by atoms with Crippen molar-refractivity contribution in [3.63, 3.8) is 0 Å². The van der Waals surface area contributed by atoms with E-state index >= 15 is 0 Å². The normalized spacial score (nSPS) is 20.0. The van der Waals surface area contributed by atoms with Crippen LogP contribution in [0, 0.1) is 0 Å². The molecule has 9 heteroatoms. The van der Waals surface area contributed by atoms with Gasteiger partial charge < -0.3 is 34.7 Å². The maximum Gasteiger partial charge on any atom is 0.251 e. The number of carbonyl (C=O) groups is 2. The van der Waals surface area contributed by atoms with E-state index in [9.17, 15) is 14.7 Å². The molecule has 0 radical (unpaired) electrons. The second-order valence-electron chi connectivity index (χ2n) is 9.24. The van der Waals surface area contributed by atoms with E-state index in [4.69, 9.17) is 18.9 Å². The predicted molar refractivity (Wildman–Crippen MR) is 138 cm³/mol. The monoisotopic (exact) mass is 518 g/mol. The number of rotatable bonds is 9. The van der Waals surface area contributed by atoms with Crippen molar-refractivity contribution >= 4 is 11.8 Å². The largest absolute Gasteiger partial charge is 0.457 e. The third-order valence-corrected chi connectivity index (χ3v) is 6.55. The summed E-state index contributed by atoms with van der Waals surface area (Å²) < 4.78 is 22.4. The number of hydrogen-bond acceptors (Lipinski definition) is 7. The van der Waals surface area contributed by atoms with Gasteiger partial charge in [0.15, 0.2) is 11.5 Å². The van der Waals surface area contributed by atoms with Crippen LogP contribution in [0.3, 0.4) is 0 Å². The van der Waals surface area contributed by atoms with Crippen molar-refractivity contribution in [1.29, 1.82) is 0 Å². The molecular weight excluding hydrogens is 488 g/mol. The summed E-state index contributed by atoms with van der Waals surface area (Å²) in [5.41, 5.74) is 1.38. The van der Waals surface area contributed by atoms with Gasteiger partial charge in [0.25, 0.3) is 5.91 Å². The lowest BCUT2D eigenvalue weighted by molar-refractivity contribution is -0.131. The van der Waals surface area contributed by atoms with Crippen LogP contribution in [0.25, 0.3) is 0 Å². The Bertz CT molecular complexity index is 1250. The number of aliphatic hydroxyl groups is 1. The van der Waals surface area contributed by atoms with Gasteiger partial charge in [0, 0.05) is 12.1 Å². The summed E-state index contributed by atoms with van der Waals surface area (Å²) in [6, 6.07) is 21.7. The molecule has 0 aromatic heterocycles. The SMILES string of the molecule is O=C(C[C@H]1CC[C@H](NC(=O)c2ccc3c(c2)OCO3)[C@H](CO)O1)NCc1ccc(Oc2ccccc2)cc1. The molecule has 3 aromatic rings. The zero-order chi connectivity index (χ0) is 26.3. The minimum Gasteiger partial charge on any atom is -0.457 e. The number of ether oxygens (including phenoxy) is 4. The van der Waals surface area contributed by atoms with Gasteiger partial charge in [-0.3, -0.25) is 9.59 Å². The Morgan fingerprint density at radius 3 is 2.47 bits per heavy atom. The molecular formula is C29H30N2O7. The zero-order valence-electron chi connectivity index (χ0n) is 20.8. The smallest absolute Gasteiger partial charge is 0.251 e. The molecule has 3 atom stereocenters. The molecule has 0 bridgehead atoms. The van der Waals surface area contributed by atoms with Gasteiger partial charge in [0.1, 0.15) is 17.6 Å². The van der Waals surface area contributed by atoms with Crippen LogP contribution < -0.4 is 24.8 Å². The molecule has 38 heavy (non-hydrogen) atoms. The first-order chi connectivity index (χ1) is 18.6. The van der Waals surface area contributed by atoms with Gasteiger partial charge in [-0.15, -0.1) is 0 Å². The van der Waals surface area contributed by atoms with Gasteiger partial charge in [-0.25, -0.2) is 0 Å². The van der Waals surface area contributed by atoms with Gasteiger partial charge in [0.2, 0.25) is 12.7 Å². The molecule has 1 saturated heterocycles. The Balaban J connectivity index is 1.07. The van der Waals surface area contributed by atoms with E-state index in [1.165, 1.54) is 0 Å². The Morgan fingerprint density at radius 2 is 1.68 bits per heavy atom. The fourth-order valence-corrected chi connectivity index (χ4v) is 4.52. The molecule has 2 amide bonds. The summed E-state index contributed by atoms with van der Waals surface area (Å²) in [6.07, 6.45) is 0.405. The average Bonchev–Trinajstić information content (AvgIpc) is 3.42. The van der Waals surface area contributed by atoms with Crippen LogP contribution in [-0.4, -0.2) is 48.6 Å². The van der Waals surface area contributed by atoms with E-state index in [0.29, 0.717) is 36.4 Å². The maximum atomic E-state index is 12.7. The minimum atomic E-state index is -0.600. The number of carbonyl (C=O) groups excluding carboxylic acids is 2. The third-order valence-electron chi connectivity index (χ3n) is 6.55. The molecule has 0 saturated carbocycles. The van der Waals surface area contributed by atoms with Gasteiger partial charge in [-0.1, -0.05) is 30.3 Å². The second-order valence-corrected chi connectivity index (χ2v) is 9.24. The average molecular weight is 519 g/mol. The molecule has 2 aliphatic rings. The Labute approximate surface area is 220 Å². The fourth-order valence-electron chi connectivity index (χ4n) is 4.52. The van der Waals surface area contributed by atoms with Gasteiger partial charge in [0.05, 0.1) is 25.2 Å². The van der Waals surface area contributed by atoms with Crippen LogP contribution in [-0.2, 0) is 16.1 Å². The standard InChI is InChI=1S/C29H30N2O7/c32-17-27-24(31-29(34)20-8-13-25-26(14-20)36-18-35-25)12-11-23(38-27)15-28(33)30-16-19-6-9-22(10-7-19)37-21-4-2-1-3-5-21/h1-10,13-14,23-24,27,32H,11-12,15-18H2,(H,30,33)(H,31,34)/t23-,24+,27+/m1/s1. The highest BCUT2D eigenvalue weighted by atomic mass is 16.7. The van der Waals surface area contributed by atoms with Crippen LogP contribution >= 0.6 is 0 Å². The number of hydrogen-bond donors (Lipinski definition) is 3. The lowest BCUT2D eigenvalue weighted by Crippen LogP contribution is -2.51. The summed E-state index contributed by atoms with van der Waals surface area (Å²) in [4.78, 5) is 25.3. The molecule has 1 fully saturated rings.